The maximum Gasteiger partial charge on any atom is 0.289 e. The van der Waals surface area contributed by atoms with Gasteiger partial charge in [0.15, 0.2) is 5.82 Å². The van der Waals surface area contributed by atoms with Gasteiger partial charge in [-0.3, -0.25) is 9.59 Å². The number of imidazole rings is 1. The quantitative estimate of drug-likeness (QED) is 0.224. The monoisotopic (exact) mass is 589 g/mol. The van der Waals surface area contributed by atoms with Crippen LogP contribution in [0.5, 0.6) is 0 Å². The molecule has 11 heteroatoms. The molecule has 0 saturated carbocycles. The van der Waals surface area contributed by atoms with Crippen LogP contribution in [0, 0.1) is 11.6 Å². The molecule has 3 aromatic carbocycles. The number of rotatable bonds is 6. The number of aromatic nitrogens is 2. The van der Waals surface area contributed by atoms with E-state index in [1.54, 1.807) is 30.1 Å². The number of nitrogens with zero attached hydrogens (tertiary/aromatic N) is 3. The highest BCUT2D eigenvalue weighted by atomic mass is 32.2. The van der Waals surface area contributed by atoms with Gasteiger partial charge in [0.25, 0.3) is 11.8 Å². The van der Waals surface area contributed by atoms with E-state index < -0.39 is 5.82 Å². The summed E-state index contributed by atoms with van der Waals surface area (Å²) >= 11 is 1.54. The van der Waals surface area contributed by atoms with Crippen molar-refractivity contribution in [2.24, 2.45) is 0 Å². The number of benzene rings is 3. The molecule has 1 atom stereocenters. The van der Waals surface area contributed by atoms with Gasteiger partial charge in [-0.2, -0.15) is 0 Å². The van der Waals surface area contributed by atoms with Gasteiger partial charge >= 0.3 is 0 Å². The minimum atomic E-state index is -0.401. The number of likely N-dealkylation sites (tertiary alicyclic amines) is 1. The Morgan fingerprint density at radius 1 is 1.12 bits per heavy atom. The third-order valence-corrected chi connectivity index (χ3v) is 8.55. The van der Waals surface area contributed by atoms with Gasteiger partial charge < -0.3 is 23.9 Å². The number of hydrogen-bond donors (Lipinski definition) is 2. The first-order chi connectivity index (χ1) is 20.3. The van der Waals surface area contributed by atoms with Crippen LogP contribution in [0.1, 0.15) is 45.3 Å². The maximum absolute atomic E-state index is 13.7. The minimum absolute atomic E-state index is 0.0276. The number of carbonyl (C=O) groups is 2. The molecule has 1 fully saturated rings. The third-order valence-electron chi connectivity index (χ3n) is 7.81. The average molecular weight is 590 g/mol. The highest BCUT2D eigenvalue weighted by Gasteiger charge is 2.31. The molecule has 6 rings (SSSR count). The molecule has 0 aliphatic carbocycles. The second-order valence-corrected chi connectivity index (χ2v) is 11.2. The first kappa shape index (κ1) is 27.8. The molecule has 2 N–H and O–H groups in total. The number of anilines is 1. The largest absolute Gasteiger partial charge is 0.455 e. The van der Waals surface area contributed by atoms with Gasteiger partial charge in [-0.15, -0.1) is 0 Å². The van der Waals surface area contributed by atoms with Crippen molar-refractivity contribution in [3.8, 4) is 11.3 Å². The van der Waals surface area contributed by atoms with Crippen LogP contribution in [0.2, 0.25) is 0 Å². The normalized spacial score (nSPS) is 15.4. The number of carbonyl (C=O) groups excluding carboxylic acids is 2. The van der Waals surface area contributed by atoms with Crippen molar-refractivity contribution in [3.05, 3.63) is 83.2 Å². The summed E-state index contributed by atoms with van der Waals surface area (Å²) in [5.74, 6) is -0.831. The van der Waals surface area contributed by atoms with Crippen LogP contribution in [0.3, 0.4) is 0 Å². The Hall–Kier alpha value is -4.38. The van der Waals surface area contributed by atoms with Gasteiger partial charge in [-0.25, -0.2) is 13.8 Å². The predicted molar refractivity (Wildman–Crippen MR) is 161 cm³/mol. The Bertz CT molecular complexity index is 1820. The summed E-state index contributed by atoms with van der Waals surface area (Å²) in [6, 6.07) is 14.0. The highest BCUT2D eigenvalue weighted by molar-refractivity contribution is 7.99. The SMILES string of the molecule is CNC(=O)c1c(-c2ccc(F)cc2)oc2cc(N(C)SC)c(C3CCCN(C(=O)c4nc5ccc(F)cc5[nH]4)C3)cc12. The molecule has 1 saturated heterocycles. The number of hydrogen-bond acceptors (Lipinski definition) is 6. The lowest BCUT2D eigenvalue weighted by molar-refractivity contribution is 0.0696. The van der Waals surface area contributed by atoms with E-state index in [4.69, 9.17) is 4.42 Å². The van der Waals surface area contributed by atoms with Gasteiger partial charge in [-0.1, -0.05) is 11.9 Å². The first-order valence-corrected chi connectivity index (χ1v) is 14.8. The molecule has 3 heterocycles. The molecule has 1 aliphatic rings. The van der Waals surface area contributed by atoms with Crippen molar-refractivity contribution in [1.82, 2.24) is 20.2 Å². The standard InChI is InChI=1S/C31H29F2N5O3S/c1-34-30(39)27-22-14-21(25(37(2)42-3)15-26(22)41-28(27)17-6-8-19(32)9-7-17)18-5-4-12-38(16-18)31(40)29-35-23-11-10-20(33)13-24(23)36-29/h6-11,13-15,18H,4-5,12,16H2,1-3H3,(H,34,39)(H,35,36). The number of fused-ring (bicyclic) bond motifs is 2. The third kappa shape index (κ3) is 4.98. The van der Waals surface area contributed by atoms with Crippen molar-refractivity contribution in [3.63, 3.8) is 0 Å². The topological polar surface area (TPSA) is 94.5 Å². The summed E-state index contributed by atoms with van der Waals surface area (Å²) in [4.78, 5) is 35.8. The second kappa shape index (κ2) is 11.1. The summed E-state index contributed by atoms with van der Waals surface area (Å²) in [7, 11) is 3.52. The van der Waals surface area contributed by atoms with E-state index in [-0.39, 0.29) is 29.4 Å². The fourth-order valence-electron chi connectivity index (χ4n) is 5.65. The summed E-state index contributed by atoms with van der Waals surface area (Å²) in [5.41, 5.74) is 4.40. The zero-order valence-electron chi connectivity index (χ0n) is 23.3. The van der Waals surface area contributed by atoms with Crippen LogP contribution >= 0.6 is 11.9 Å². The fourth-order valence-corrected chi connectivity index (χ4v) is 6.01. The molecular weight excluding hydrogens is 560 g/mol. The van der Waals surface area contributed by atoms with E-state index in [1.165, 1.54) is 36.2 Å². The predicted octanol–water partition coefficient (Wildman–Crippen LogP) is 6.35. The molecule has 1 aliphatic heterocycles. The Morgan fingerprint density at radius 2 is 1.88 bits per heavy atom. The van der Waals surface area contributed by atoms with Crippen LogP contribution in [0.25, 0.3) is 33.3 Å². The number of nitrogens with one attached hydrogen (secondary N) is 2. The van der Waals surface area contributed by atoms with Crippen molar-refractivity contribution in [2.45, 2.75) is 18.8 Å². The molecule has 42 heavy (non-hydrogen) atoms. The lowest BCUT2D eigenvalue weighted by Crippen LogP contribution is -2.39. The van der Waals surface area contributed by atoms with E-state index in [1.807, 2.05) is 29.7 Å². The molecule has 8 nitrogen and oxygen atoms in total. The number of aromatic amines is 1. The fraction of sp³-hybridized carbons (Fsp3) is 0.258. The minimum Gasteiger partial charge on any atom is -0.455 e. The zero-order valence-corrected chi connectivity index (χ0v) is 24.1. The number of halogens is 2. The van der Waals surface area contributed by atoms with Gasteiger partial charge in [0.2, 0.25) is 0 Å². The van der Waals surface area contributed by atoms with E-state index >= 15 is 0 Å². The Balaban J connectivity index is 1.41. The summed E-state index contributed by atoms with van der Waals surface area (Å²) in [6.07, 6.45) is 3.59. The number of piperidine rings is 1. The lowest BCUT2D eigenvalue weighted by atomic mass is 9.88. The van der Waals surface area contributed by atoms with E-state index in [2.05, 4.69) is 15.3 Å². The van der Waals surface area contributed by atoms with Crippen molar-refractivity contribution < 1.29 is 22.8 Å². The van der Waals surface area contributed by atoms with Gasteiger partial charge in [0, 0.05) is 56.4 Å². The van der Waals surface area contributed by atoms with E-state index in [0.717, 1.165) is 24.1 Å². The molecule has 2 aromatic heterocycles. The second-order valence-electron chi connectivity index (χ2n) is 10.3. The summed E-state index contributed by atoms with van der Waals surface area (Å²) in [6.45, 7) is 1.02. The van der Waals surface area contributed by atoms with E-state index in [9.17, 15) is 18.4 Å². The van der Waals surface area contributed by atoms with Crippen LogP contribution in [0.4, 0.5) is 14.5 Å². The van der Waals surface area contributed by atoms with Crippen LogP contribution in [-0.4, -0.2) is 60.1 Å². The first-order valence-electron chi connectivity index (χ1n) is 13.6. The highest BCUT2D eigenvalue weighted by Crippen LogP contribution is 2.42. The summed E-state index contributed by atoms with van der Waals surface area (Å²) in [5, 5.41) is 3.35. The molecule has 2 amide bonds. The molecule has 0 bridgehead atoms. The van der Waals surface area contributed by atoms with Crippen LogP contribution in [0.15, 0.2) is 59.0 Å². The van der Waals surface area contributed by atoms with Gasteiger partial charge in [0.05, 0.1) is 22.3 Å². The van der Waals surface area contributed by atoms with Crippen molar-refractivity contribution in [1.29, 1.82) is 0 Å². The molecule has 1 unspecified atom stereocenters. The van der Waals surface area contributed by atoms with Gasteiger partial charge in [0.1, 0.15) is 23.0 Å². The number of H-pyrrole nitrogens is 1. The maximum atomic E-state index is 13.7. The Labute approximate surface area is 245 Å². The van der Waals surface area contributed by atoms with Crippen molar-refractivity contribution in [2.75, 3.05) is 37.7 Å². The van der Waals surface area contributed by atoms with Crippen molar-refractivity contribution >= 4 is 51.5 Å². The number of furan rings is 1. The van der Waals surface area contributed by atoms with Gasteiger partial charge in [-0.05, 0) is 66.9 Å². The molecule has 0 radical (unpaired) electrons. The van der Waals surface area contributed by atoms with Crippen LogP contribution < -0.4 is 9.62 Å². The Morgan fingerprint density at radius 3 is 2.62 bits per heavy atom. The smallest absolute Gasteiger partial charge is 0.289 e. The van der Waals surface area contributed by atoms with E-state index in [0.29, 0.717) is 52.0 Å². The lowest BCUT2D eigenvalue weighted by Gasteiger charge is -2.34. The average Bonchev–Trinajstić information content (AvgIpc) is 3.60. The Kier molecular flexibility index (Phi) is 7.36. The molecule has 216 valence electrons. The zero-order chi connectivity index (χ0) is 29.5. The number of amides is 2. The molecular formula is C31H29F2N5O3S. The summed E-state index contributed by atoms with van der Waals surface area (Å²) < 4.78 is 35.7. The molecule has 0 spiro atoms. The van der Waals surface area contributed by atoms with Crippen LogP contribution in [-0.2, 0) is 0 Å². The molecule has 5 aromatic rings.